The molecule has 4 aromatic rings. The van der Waals surface area contributed by atoms with Gasteiger partial charge in [0.05, 0.1) is 19.8 Å². The second kappa shape index (κ2) is 9.24. The smallest absolute Gasteiger partial charge is 0.196 e. The maximum atomic E-state index is 6.11. The molecule has 0 spiro atoms. The van der Waals surface area contributed by atoms with Crippen LogP contribution in [0.4, 0.5) is 0 Å². The standard InChI is InChI=1S/C23H20ClN3O2S/c1-28-19-13-7-16(8-14-19)15-30-23-26-25-22(20-5-3-4-6-21(20)29-2)27(23)18-11-9-17(24)10-12-18/h3-14H,15H2,1-2H3. The fraction of sp³-hybridized carbons (Fsp3) is 0.130. The number of ether oxygens (including phenoxy) is 2. The molecule has 0 aliphatic heterocycles. The Hall–Kier alpha value is -2.96. The van der Waals surface area contributed by atoms with Gasteiger partial charge in [0, 0.05) is 16.5 Å². The normalized spacial score (nSPS) is 10.8. The number of aromatic nitrogens is 3. The number of halogens is 1. The average Bonchev–Trinajstić information content (AvgIpc) is 3.22. The summed E-state index contributed by atoms with van der Waals surface area (Å²) in [5.41, 5.74) is 2.98. The van der Waals surface area contributed by atoms with Crippen molar-refractivity contribution in [3.63, 3.8) is 0 Å². The Morgan fingerprint density at radius 2 is 1.60 bits per heavy atom. The van der Waals surface area contributed by atoms with Crippen LogP contribution in [-0.2, 0) is 5.75 Å². The zero-order valence-electron chi connectivity index (χ0n) is 16.6. The van der Waals surface area contributed by atoms with Crippen molar-refractivity contribution in [2.45, 2.75) is 10.9 Å². The molecule has 1 heterocycles. The molecule has 0 saturated carbocycles. The summed E-state index contributed by atoms with van der Waals surface area (Å²) in [5.74, 6) is 3.05. The first kappa shape index (κ1) is 20.3. The zero-order valence-corrected chi connectivity index (χ0v) is 18.2. The van der Waals surface area contributed by atoms with Gasteiger partial charge in [0.1, 0.15) is 11.5 Å². The SMILES string of the molecule is COc1ccc(CSc2nnc(-c3ccccc3OC)n2-c2ccc(Cl)cc2)cc1. The van der Waals surface area contributed by atoms with Crippen LogP contribution in [0.25, 0.3) is 17.1 Å². The van der Waals surface area contributed by atoms with Crippen LogP contribution in [0.15, 0.2) is 78.0 Å². The lowest BCUT2D eigenvalue weighted by atomic mass is 10.2. The third kappa shape index (κ3) is 4.30. The van der Waals surface area contributed by atoms with E-state index in [1.807, 2.05) is 65.2 Å². The second-order valence-corrected chi connectivity index (χ2v) is 7.83. The monoisotopic (exact) mass is 437 g/mol. The van der Waals surface area contributed by atoms with Gasteiger partial charge in [-0.2, -0.15) is 0 Å². The first-order chi connectivity index (χ1) is 14.7. The van der Waals surface area contributed by atoms with Gasteiger partial charge in [0.2, 0.25) is 0 Å². The van der Waals surface area contributed by atoms with Gasteiger partial charge in [0.15, 0.2) is 11.0 Å². The summed E-state index contributed by atoms with van der Waals surface area (Å²) < 4.78 is 12.8. The third-order valence-corrected chi connectivity index (χ3v) is 5.85. The first-order valence-corrected chi connectivity index (χ1v) is 10.7. The first-order valence-electron chi connectivity index (χ1n) is 9.30. The van der Waals surface area contributed by atoms with Crippen LogP contribution in [0.1, 0.15) is 5.56 Å². The molecule has 3 aromatic carbocycles. The van der Waals surface area contributed by atoms with Gasteiger partial charge in [-0.25, -0.2) is 0 Å². The van der Waals surface area contributed by atoms with Gasteiger partial charge in [-0.15, -0.1) is 10.2 Å². The molecule has 4 rings (SSSR count). The number of rotatable bonds is 7. The molecule has 7 heteroatoms. The lowest BCUT2D eigenvalue weighted by Gasteiger charge is -2.12. The Morgan fingerprint density at radius 1 is 0.867 bits per heavy atom. The molecule has 0 amide bonds. The van der Waals surface area contributed by atoms with E-state index in [2.05, 4.69) is 22.3 Å². The highest BCUT2D eigenvalue weighted by atomic mass is 35.5. The molecule has 30 heavy (non-hydrogen) atoms. The van der Waals surface area contributed by atoms with Gasteiger partial charge >= 0.3 is 0 Å². The number of benzene rings is 3. The summed E-state index contributed by atoms with van der Waals surface area (Å²) in [7, 11) is 3.32. The molecule has 1 aromatic heterocycles. The Labute approximate surface area is 184 Å². The topological polar surface area (TPSA) is 49.2 Å². The van der Waals surface area contributed by atoms with Crippen LogP contribution in [0.3, 0.4) is 0 Å². The van der Waals surface area contributed by atoms with Crippen LogP contribution >= 0.6 is 23.4 Å². The Morgan fingerprint density at radius 3 is 2.30 bits per heavy atom. The van der Waals surface area contributed by atoms with Crippen molar-refractivity contribution in [1.29, 1.82) is 0 Å². The number of hydrogen-bond acceptors (Lipinski definition) is 5. The predicted octanol–water partition coefficient (Wildman–Crippen LogP) is 5.90. The molecule has 152 valence electrons. The molecular weight excluding hydrogens is 418 g/mol. The highest BCUT2D eigenvalue weighted by Gasteiger charge is 2.19. The number of thioether (sulfide) groups is 1. The Kier molecular flexibility index (Phi) is 6.26. The van der Waals surface area contributed by atoms with E-state index in [0.29, 0.717) is 10.8 Å². The van der Waals surface area contributed by atoms with Gasteiger partial charge in [-0.05, 0) is 54.1 Å². The van der Waals surface area contributed by atoms with Gasteiger partial charge < -0.3 is 9.47 Å². The van der Waals surface area contributed by atoms with Gasteiger partial charge in [0.25, 0.3) is 0 Å². The van der Waals surface area contributed by atoms with Gasteiger partial charge in [-0.1, -0.05) is 47.6 Å². The number of para-hydroxylation sites is 1. The molecular formula is C23H20ClN3O2S. The fourth-order valence-electron chi connectivity index (χ4n) is 3.06. The summed E-state index contributed by atoms with van der Waals surface area (Å²) in [5, 5.41) is 10.4. The van der Waals surface area contributed by atoms with Crippen LogP contribution < -0.4 is 9.47 Å². The van der Waals surface area contributed by atoms with E-state index < -0.39 is 0 Å². The maximum Gasteiger partial charge on any atom is 0.196 e. The van der Waals surface area contributed by atoms with Crippen molar-refractivity contribution in [3.8, 4) is 28.6 Å². The molecule has 0 aliphatic carbocycles. The second-order valence-electron chi connectivity index (χ2n) is 6.46. The van der Waals surface area contributed by atoms with Crippen LogP contribution in [-0.4, -0.2) is 29.0 Å². The molecule has 0 radical (unpaired) electrons. The minimum absolute atomic E-state index is 0.679. The Balaban J connectivity index is 1.73. The highest BCUT2D eigenvalue weighted by molar-refractivity contribution is 7.98. The van der Waals surface area contributed by atoms with Crippen molar-refractivity contribution in [3.05, 3.63) is 83.4 Å². The van der Waals surface area contributed by atoms with E-state index in [9.17, 15) is 0 Å². The quantitative estimate of drug-likeness (QED) is 0.337. The molecule has 0 fully saturated rings. The molecule has 0 bridgehead atoms. The number of hydrogen-bond donors (Lipinski definition) is 0. The summed E-state index contributed by atoms with van der Waals surface area (Å²) >= 11 is 7.72. The van der Waals surface area contributed by atoms with Gasteiger partial charge in [-0.3, -0.25) is 4.57 Å². The van der Waals surface area contributed by atoms with E-state index in [0.717, 1.165) is 33.7 Å². The minimum atomic E-state index is 0.679. The summed E-state index contributed by atoms with van der Waals surface area (Å²) in [6, 6.07) is 23.5. The molecule has 0 saturated heterocycles. The largest absolute Gasteiger partial charge is 0.497 e. The summed E-state index contributed by atoms with van der Waals surface area (Å²) in [6.07, 6.45) is 0. The minimum Gasteiger partial charge on any atom is -0.497 e. The fourth-order valence-corrected chi connectivity index (χ4v) is 4.09. The van der Waals surface area contributed by atoms with Crippen molar-refractivity contribution in [2.75, 3.05) is 14.2 Å². The maximum absolute atomic E-state index is 6.11. The van der Waals surface area contributed by atoms with Crippen LogP contribution in [0, 0.1) is 0 Å². The van der Waals surface area contributed by atoms with Crippen LogP contribution in [0.5, 0.6) is 11.5 Å². The number of methoxy groups -OCH3 is 2. The van der Waals surface area contributed by atoms with E-state index in [-0.39, 0.29) is 0 Å². The molecule has 0 aliphatic rings. The Bertz CT molecular complexity index is 1130. The van der Waals surface area contributed by atoms with Crippen molar-refractivity contribution >= 4 is 23.4 Å². The lowest BCUT2D eigenvalue weighted by molar-refractivity contribution is 0.414. The molecule has 0 N–H and O–H groups in total. The lowest BCUT2D eigenvalue weighted by Crippen LogP contribution is -2.01. The third-order valence-electron chi connectivity index (χ3n) is 4.59. The van der Waals surface area contributed by atoms with E-state index in [4.69, 9.17) is 21.1 Å². The molecule has 0 atom stereocenters. The van der Waals surface area contributed by atoms with E-state index in [1.165, 1.54) is 5.56 Å². The molecule has 5 nitrogen and oxygen atoms in total. The van der Waals surface area contributed by atoms with Crippen molar-refractivity contribution < 1.29 is 9.47 Å². The number of nitrogens with zero attached hydrogens (tertiary/aromatic N) is 3. The molecule has 0 unspecified atom stereocenters. The average molecular weight is 438 g/mol. The summed E-state index contributed by atoms with van der Waals surface area (Å²) in [6.45, 7) is 0. The summed E-state index contributed by atoms with van der Waals surface area (Å²) in [4.78, 5) is 0. The van der Waals surface area contributed by atoms with Crippen molar-refractivity contribution in [2.24, 2.45) is 0 Å². The zero-order chi connectivity index (χ0) is 20.9. The predicted molar refractivity (Wildman–Crippen MR) is 121 cm³/mol. The van der Waals surface area contributed by atoms with E-state index >= 15 is 0 Å². The van der Waals surface area contributed by atoms with E-state index in [1.54, 1.807) is 26.0 Å². The van der Waals surface area contributed by atoms with Crippen molar-refractivity contribution in [1.82, 2.24) is 14.8 Å². The van der Waals surface area contributed by atoms with Crippen LogP contribution in [0.2, 0.25) is 5.02 Å². The highest BCUT2D eigenvalue weighted by Crippen LogP contribution is 2.34.